The predicted octanol–water partition coefficient (Wildman–Crippen LogP) is 3.63. The molecule has 0 radical (unpaired) electrons. The molecule has 1 atom stereocenters. The van der Waals surface area contributed by atoms with E-state index >= 15 is 0 Å². The fourth-order valence-corrected chi connectivity index (χ4v) is 3.56. The summed E-state index contributed by atoms with van der Waals surface area (Å²) in [5.74, 6) is -3.04. The molecule has 1 saturated heterocycles. The number of benzene rings is 2. The van der Waals surface area contributed by atoms with Crippen LogP contribution in [0.1, 0.15) is 27.5 Å². The number of amides is 1. The molecule has 32 heavy (non-hydrogen) atoms. The van der Waals surface area contributed by atoms with E-state index in [1.54, 1.807) is 30.3 Å². The molecule has 1 aliphatic rings. The fraction of sp³-hybridized carbons (Fsp3) is 0.0833. The van der Waals surface area contributed by atoms with Crippen molar-refractivity contribution in [3.8, 4) is 0 Å². The highest BCUT2D eigenvalue weighted by atomic mass is 19.1. The van der Waals surface area contributed by atoms with Gasteiger partial charge in [0.1, 0.15) is 17.4 Å². The molecule has 2 aromatic carbocycles. The van der Waals surface area contributed by atoms with Crippen LogP contribution in [0, 0.1) is 5.82 Å². The number of aliphatic hydroxyl groups is 1. The Morgan fingerprint density at radius 3 is 2.25 bits per heavy atom. The lowest BCUT2D eigenvalue weighted by molar-refractivity contribution is -0.132. The zero-order valence-corrected chi connectivity index (χ0v) is 16.9. The van der Waals surface area contributed by atoms with E-state index in [1.165, 1.54) is 42.5 Å². The number of aliphatic hydroxyl groups excluding tert-OH is 1. The number of carbonyl (C=O) groups is 3. The van der Waals surface area contributed by atoms with Crippen molar-refractivity contribution in [3.63, 3.8) is 0 Å². The lowest BCUT2D eigenvalue weighted by Gasteiger charge is -2.24. The first-order valence-corrected chi connectivity index (χ1v) is 9.58. The number of esters is 1. The first-order valence-electron chi connectivity index (χ1n) is 9.58. The van der Waals surface area contributed by atoms with Crippen molar-refractivity contribution >= 4 is 29.2 Å². The van der Waals surface area contributed by atoms with Crippen molar-refractivity contribution in [2.75, 3.05) is 12.0 Å². The molecule has 0 bridgehead atoms. The van der Waals surface area contributed by atoms with E-state index in [4.69, 9.17) is 4.74 Å². The Hall–Kier alpha value is -4.33. The standard InChI is InChI=1S/C24H17FN2O5/c1-32-24(31)16-7-5-14(6-8-16)20-19(21(28)15-9-11-17(25)12-10-15)22(29)23(30)27(20)18-4-2-3-13-26-18/h2-13,20,28H,1H3/t20-/m0/s1. The lowest BCUT2D eigenvalue weighted by atomic mass is 9.94. The minimum Gasteiger partial charge on any atom is -0.507 e. The maximum absolute atomic E-state index is 13.4. The largest absolute Gasteiger partial charge is 0.507 e. The highest BCUT2D eigenvalue weighted by Gasteiger charge is 2.47. The van der Waals surface area contributed by atoms with Crippen molar-refractivity contribution in [3.05, 3.63) is 101 Å². The fourth-order valence-electron chi connectivity index (χ4n) is 3.56. The number of hydrogen-bond donors (Lipinski definition) is 1. The number of ketones is 1. The number of rotatable bonds is 4. The quantitative estimate of drug-likeness (QED) is 0.293. The van der Waals surface area contributed by atoms with Gasteiger partial charge in [-0.15, -0.1) is 0 Å². The molecule has 1 aliphatic heterocycles. The zero-order valence-electron chi connectivity index (χ0n) is 16.9. The van der Waals surface area contributed by atoms with Crippen LogP contribution in [0.4, 0.5) is 10.2 Å². The first kappa shape index (κ1) is 20.9. The Morgan fingerprint density at radius 2 is 1.66 bits per heavy atom. The molecule has 1 fully saturated rings. The molecule has 0 unspecified atom stereocenters. The van der Waals surface area contributed by atoms with E-state index < -0.39 is 35.3 Å². The minimum atomic E-state index is -1.01. The van der Waals surface area contributed by atoms with Gasteiger partial charge in [0.05, 0.1) is 24.3 Å². The molecule has 2 heterocycles. The molecule has 8 heteroatoms. The molecule has 1 N–H and O–H groups in total. The predicted molar refractivity (Wildman–Crippen MR) is 113 cm³/mol. The summed E-state index contributed by atoms with van der Waals surface area (Å²) in [6.45, 7) is 0. The van der Waals surface area contributed by atoms with Gasteiger partial charge in [-0.3, -0.25) is 14.5 Å². The monoisotopic (exact) mass is 432 g/mol. The summed E-state index contributed by atoms with van der Waals surface area (Å²) in [4.78, 5) is 43.1. The smallest absolute Gasteiger partial charge is 0.337 e. The summed E-state index contributed by atoms with van der Waals surface area (Å²) in [7, 11) is 1.26. The van der Waals surface area contributed by atoms with Gasteiger partial charge in [0, 0.05) is 11.8 Å². The van der Waals surface area contributed by atoms with Crippen molar-refractivity contribution in [1.82, 2.24) is 4.98 Å². The van der Waals surface area contributed by atoms with Crippen LogP contribution in [0.5, 0.6) is 0 Å². The minimum absolute atomic E-state index is 0.168. The molecule has 0 aliphatic carbocycles. The van der Waals surface area contributed by atoms with Crippen LogP contribution in [0.2, 0.25) is 0 Å². The maximum Gasteiger partial charge on any atom is 0.337 e. The number of carbonyl (C=O) groups excluding carboxylic acids is 3. The van der Waals surface area contributed by atoms with E-state index in [9.17, 15) is 23.9 Å². The first-order chi connectivity index (χ1) is 15.4. The van der Waals surface area contributed by atoms with E-state index in [-0.39, 0.29) is 22.5 Å². The number of halogens is 1. The van der Waals surface area contributed by atoms with Crippen molar-refractivity contribution in [2.24, 2.45) is 0 Å². The van der Waals surface area contributed by atoms with Gasteiger partial charge in [-0.1, -0.05) is 18.2 Å². The number of methoxy groups -OCH3 is 1. The molecule has 3 aromatic rings. The van der Waals surface area contributed by atoms with Crippen LogP contribution < -0.4 is 4.90 Å². The lowest BCUT2D eigenvalue weighted by Crippen LogP contribution is -2.30. The second kappa shape index (κ2) is 8.43. The van der Waals surface area contributed by atoms with Gasteiger partial charge >= 0.3 is 11.9 Å². The maximum atomic E-state index is 13.4. The van der Waals surface area contributed by atoms with Gasteiger partial charge in [-0.2, -0.15) is 0 Å². The Kier molecular flexibility index (Phi) is 5.51. The second-order valence-electron chi connectivity index (χ2n) is 6.98. The molecule has 160 valence electrons. The Balaban J connectivity index is 1.90. The number of ether oxygens (including phenoxy) is 1. The number of aromatic nitrogens is 1. The van der Waals surface area contributed by atoms with Crippen LogP contribution in [-0.4, -0.2) is 34.9 Å². The average molecular weight is 432 g/mol. The summed E-state index contributed by atoms with van der Waals surface area (Å²) >= 11 is 0. The van der Waals surface area contributed by atoms with Gasteiger partial charge in [0.15, 0.2) is 0 Å². The topological polar surface area (TPSA) is 96.8 Å². The van der Waals surface area contributed by atoms with Crippen LogP contribution in [0.3, 0.4) is 0 Å². The van der Waals surface area contributed by atoms with Gasteiger partial charge in [0.2, 0.25) is 0 Å². The zero-order chi connectivity index (χ0) is 22.8. The molecule has 1 aromatic heterocycles. The average Bonchev–Trinajstić information content (AvgIpc) is 3.09. The highest BCUT2D eigenvalue weighted by Crippen LogP contribution is 2.41. The molecular formula is C24H17FN2O5. The van der Waals surface area contributed by atoms with Crippen LogP contribution in [-0.2, 0) is 14.3 Å². The van der Waals surface area contributed by atoms with E-state index in [2.05, 4.69) is 4.98 Å². The van der Waals surface area contributed by atoms with Gasteiger partial charge < -0.3 is 9.84 Å². The van der Waals surface area contributed by atoms with Crippen LogP contribution >= 0.6 is 0 Å². The number of nitrogens with zero attached hydrogens (tertiary/aromatic N) is 2. The number of pyridine rings is 1. The number of Topliss-reactive ketones (excluding diaryl/α,β-unsaturated/α-hetero) is 1. The van der Waals surface area contributed by atoms with E-state index in [1.807, 2.05) is 0 Å². The Morgan fingerprint density at radius 1 is 1.00 bits per heavy atom. The SMILES string of the molecule is COC(=O)c1ccc([C@H]2C(=C(O)c3ccc(F)cc3)C(=O)C(=O)N2c2ccccn2)cc1. The highest BCUT2D eigenvalue weighted by molar-refractivity contribution is 6.51. The summed E-state index contributed by atoms with van der Waals surface area (Å²) in [5, 5.41) is 10.9. The normalized spacial score (nSPS) is 17.4. The molecule has 0 spiro atoms. The molecule has 4 rings (SSSR count). The number of hydrogen-bond acceptors (Lipinski definition) is 6. The van der Waals surface area contributed by atoms with Crippen LogP contribution in [0.25, 0.3) is 5.76 Å². The van der Waals surface area contributed by atoms with Crippen molar-refractivity contribution < 1.29 is 28.6 Å². The van der Waals surface area contributed by atoms with E-state index in [0.717, 1.165) is 12.1 Å². The Labute approximate surface area is 182 Å². The van der Waals surface area contributed by atoms with Gasteiger partial charge in [-0.05, 0) is 54.1 Å². The summed E-state index contributed by atoms with van der Waals surface area (Å²) in [5.41, 5.74) is 0.760. The molecule has 7 nitrogen and oxygen atoms in total. The van der Waals surface area contributed by atoms with Crippen LogP contribution in [0.15, 0.2) is 78.5 Å². The summed E-state index contributed by atoms with van der Waals surface area (Å²) in [6, 6.07) is 14.9. The molecule has 1 amide bonds. The van der Waals surface area contributed by atoms with Gasteiger partial charge in [0.25, 0.3) is 5.78 Å². The third-order valence-corrected chi connectivity index (χ3v) is 5.11. The van der Waals surface area contributed by atoms with Crippen molar-refractivity contribution in [1.29, 1.82) is 0 Å². The summed E-state index contributed by atoms with van der Waals surface area (Å²) < 4.78 is 18.1. The Bertz CT molecular complexity index is 1220. The third-order valence-electron chi connectivity index (χ3n) is 5.11. The van der Waals surface area contributed by atoms with Gasteiger partial charge in [-0.25, -0.2) is 14.2 Å². The molecular weight excluding hydrogens is 415 g/mol. The molecule has 0 saturated carbocycles. The second-order valence-corrected chi connectivity index (χ2v) is 6.98. The van der Waals surface area contributed by atoms with E-state index in [0.29, 0.717) is 5.56 Å². The summed E-state index contributed by atoms with van der Waals surface area (Å²) in [6.07, 6.45) is 1.48. The third kappa shape index (κ3) is 3.62. The number of anilines is 1. The van der Waals surface area contributed by atoms with Crippen molar-refractivity contribution in [2.45, 2.75) is 6.04 Å².